The van der Waals surface area contributed by atoms with Gasteiger partial charge in [0.1, 0.15) is 40.5 Å². The summed E-state index contributed by atoms with van der Waals surface area (Å²) in [7, 11) is 0. The number of carbonyl (C=O) groups is 1. The molecule has 186 valence electrons. The summed E-state index contributed by atoms with van der Waals surface area (Å²) in [5, 5.41) is 25.8. The third-order valence-corrected chi connectivity index (χ3v) is 8.08. The lowest BCUT2D eigenvalue weighted by Crippen LogP contribution is -2.41. The van der Waals surface area contributed by atoms with Crippen LogP contribution in [0.3, 0.4) is 0 Å². The van der Waals surface area contributed by atoms with Gasteiger partial charge in [-0.2, -0.15) is 0 Å². The van der Waals surface area contributed by atoms with Gasteiger partial charge in [0, 0.05) is 16.7 Å². The Hall–Kier alpha value is -2.81. The average molecular weight is 620 g/mol. The number of anilines is 1. The first-order chi connectivity index (χ1) is 17.4. The van der Waals surface area contributed by atoms with E-state index in [0.29, 0.717) is 29.1 Å². The molecule has 5 rings (SSSR count). The fraction of sp³-hybridized carbons (Fsp3) is 0.250. The summed E-state index contributed by atoms with van der Waals surface area (Å²) in [6.45, 7) is 0.654. The summed E-state index contributed by atoms with van der Waals surface area (Å²) in [5.74, 6) is -0.300. The van der Waals surface area contributed by atoms with E-state index in [1.54, 1.807) is 16.7 Å². The van der Waals surface area contributed by atoms with Gasteiger partial charge >= 0.3 is 0 Å². The second kappa shape index (κ2) is 10.7. The number of hydrogen-bond donors (Lipinski definition) is 4. The molecule has 1 amide bonds. The molecule has 0 aliphatic carbocycles. The van der Waals surface area contributed by atoms with Crippen molar-refractivity contribution in [3.63, 3.8) is 0 Å². The van der Waals surface area contributed by atoms with Gasteiger partial charge in [0.05, 0.1) is 6.33 Å². The third kappa shape index (κ3) is 5.16. The van der Waals surface area contributed by atoms with E-state index in [4.69, 9.17) is 0 Å². The topological polar surface area (TPSA) is 125 Å². The zero-order valence-corrected chi connectivity index (χ0v) is 21.7. The van der Waals surface area contributed by atoms with Gasteiger partial charge < -0.3 is 20.8 Å². The monoisotopic (exact) mass is 620 g/mol. The molecule has 0 saturated carbocycles. The normalized spacial score (nSPS) is 21.6. The van der Waals surface area contributed by atoms with E-state index in [9.17, 15) is 19.4 Å². The van der Waals surface area contributed by atoms with Gasteiger partial charge in [0.25, 0.3) is 0 Å². The molecular weight excluding hydrogens is 598 g/mol. The van der Waals surface area contributed by atoms with E-state index in [0.717, 1.165) is 20.9 Å². The molecule has 1 fully saturated rings. The van der Waals surface area contributed by atoms with Gasteiger partial charge in [0.2, 0.25) is 5.91 Å². The van der Waals surface area contributed by atoms with Crippen LogP contribution in [0.2, 0.25) is 0 Å². The minimum atomic E-state index is -1.30. The van der Waals surface area contributed by atoms with E-state index < -0.39 is 34.6 Å². The van der Waals surface area contributed by atoms with Crippen LogP contribution < -0.4 is 10.6 Å². The highest BCUT2D eigenvalue weighted by Gasteiger charge is 2.47. The van der Waals surface area contributed by atoms with Gasteiger partial charge in [-0.05, 0) is 58.0 Å². The molecule has 1 aliphatic heterocycles. The first kappa shape index (κ1) is 24.9. The van der Waals surface area contributed by atoms with E-state index >= 15 is 0 Å². The summed E-state index contributed by atoms with van der Waals surface area (Å²) >= 11 is 3.38. The first-order valence-electron chi connectivity index (χ1n) is 11.1. The Morgan fingerprint density at radius 2 is 1.83 bits per heavy atom. The molecule has 3 heterocycles. The largest absolute Gasteiger partial charge is 0.389 e. The standard InChI is InChI=1S/C24H22FIN6O3S/c25-15-5-1-3-13(7-15)10-28-23(35)20-18(33)19(34)24(36-20)32-12-31-17-21(29-11-30-22(17)32)27-9-14-4-2-6-16(26)8-14/h1-8,11-12,18-20,24,33-34H,9-10H2,(H,28,35)(H,27,29,30)/t18-,19+,20-,24+/m0/s1. The fourth-order valence-electron chi connectivity index (χ4n) is 4.04. The second-order valence-electron chi connectivity index (χ2n) is 8.31. The molecule has 36 heavy (non-hydrogen) atoms. The molecule has 4 N–H and O–H groups in total. The molecule has 1 aliphatic rings. The number of aliphatic hydroxyl groups is 2. The van der Waals surface area contributed by atoms with Crippen molar-refractivity contribution in [1.82, 2.24) is 24.8 Å². The molecule has 2 aromatic carbocycles. The van der Waals surface area contributed by atoms with Crippen LogP contribution in [0, 0.1) is 9.39 Å². The van der Waals surface area contributed by atoms with Gasteiger partial charge in [-0.3, -0.25) is 9.36 Å². The minimum Gasteiger partial charge on any atom is -0.389 e. The number of hydrogen-bond acceptors (Lipinski definition) is 8. The van der Waals surface area contributed by atoms with Crippen LogP contribution >= 0.6 is 34.4 Å². The van der Waals surface area contributed by atoms with Crippen LogP contribution in [0.1, 0.15) is 16.5 Å². The predicted octanol–water partition coefficient (Wildman–Crippen LogP) is 2.83. The Kier molecular flexibility index (Phi) is 7.37. The summed E-state index contributed by atoms with van der Waals surface area (Å²) in [5.41, 5.74) is 2.68. The quantitative estimate of drug-likeness (QED) is 0.233. The molecule has 1 saturated heterocycles. The molecule has 0 unspecified atom stereocenters. The number of carbonyl (C=O) groups excluding carboxylic acids is 1. The molecule has 0 spiro atoms. The number of halogens is 2. The van der Waals surface area contributed by atoms with Crippen molar-refractivity contribution >= 4 is 57.2 Å². The molecule has 4 atom stereocenters. The zero-order valence-electron chi connectivity index (χ0n) is 18.8. The number of benzene rings is 2. The van der Waals surface area contributed by atoms with E-state index in [1.165, 1.54) is 24.8 Å². The molecule has 2 aromatic heterocycles. The maximum absolute atomic E-state index is 13.4. The molecule has 4 aromatic rings. The van der Waals surface area contributed by atoms with Gasteiger partial charge in [-0.25, -0.2) is 19.3 Å². The van der Waals surface area contributed by atoms with Crippen molar-refractivity contribution in [3.8, 4) is 0 Å². The lowest BCUT2D eigenvalue weighted by atomic mass is 10.1. The first-order valence-corrected chi connectivity index (χ1v) is 13.1. The van der Waals surface area contributed by atoms with Crippen LogP contribution in [0.5, 0.6) is 0 Å². The molecule has 12 heteroatoms. The second-order valence-corrected chi connectivity index (χ2v) is 10.8. The Labute approximate surface area is 223 Å². The highest BCUT2D eigenvalue weighted by atomic mass is 127. The lowest BCUT2D eigenvalue weighted by Gasteiger charge is -2.17. The fourth-order valence-corrected chi connectivity index (χ4v) is 6.09. The summed E-state index contributed by atoms with van der Waals surface area (Å²) < 4.78 is 16.2. The molecular formula is C24H22FIN6O3S. The number of nitrogens with zero attached hydrogens (tertiary/aromatic N) is 4. The highest BCUT2D eigenvalue weighted by Crippen LogP contribution is 2.43. The predicted molar refractivity (Wildman–Crippen MR) is 142 cm³/mol. The van der Waals surface area contributed by atoms with Crippen LogP contribution in [0.25, 0.3) is 11.2 Å². The Bertz CT molecular complexity index is 1410. The van der Waals surface area contributed by atoms with Crippen molar-refractivity contribution in [2.75, 3.05) is 5.32 Å². The lowest BCUT2D eigenvalue weighted by molar-refractivity contribution is -0.123. The number of thioether (sulfide) groups is 1. The van der Waals surface area contributed by atoms with Gasteiger partial charge in [-0.1, -0.05) is 24.3 Å². The number of rotatable bonds is 7. The maximum atomic E-state index is 13.4. The number of aliphatic hydroxyl groups excluding tert-OH is 2. The SMILES string of the molecule is O=C(NCc1cccc(F)c1)[C@H]1S[C@@H](n2cnc3c(NCc4cccc(I)c4)ncnc32)[C@H](O)[C@@H]1O. The smallest absolute Gasteiger partial charge is 0.236 e. The molecule has 0 bridgehead atoms. The number of aromatic nitrogens is 4. The summed E-state index contributed by atoms with van der Waals surface area (Å²) in [4.78, 5) is 25.9. The Morgan fingerprint density at radius 1 is 1.06 bits per heavy atom. The van der Waals surface area contributed by atoms with Crippen LogP contribution in [-0.4, -0.2) is 53.1 Å². The Balaban J connectivity index is 1.31. The zero-order chi connectivity index (χ0) is 25.2. The van der Waals surface area contributed by atoms with Crippen LogP contribution in [0.15, 0.2) is 61.2 Å². The van der Waals surface area contributed by atoms with E-state index in [-0.39, 0.29) is 6.54 Å². The average Bonchev–Trinajstić information content (AvgIpc) is 3.42. The number of imidazole rings is 1. The van der Waals surface area contributed by atoms with E-state index in [1.807, 2.05) is 18.2 Å². The highest BCUT2D eigenvalue weighted by molar-refractivity contribution is 14.1. The minimum absolute atomic E-state index is 0.109. The number of amides is 1. The van der Waals surface area contributed by atoms with Crippen molar-refractivity contribution in [3.05, 3.63) is 81.7 Å². The van der Waals surface area contributed by atoms with Gasteiger partial charge in [0.15, 0.2) is 11.5 Å². The maximum Gasteiger partial charge on any atom is 0.236 e. The summed E-state index contributed by atoms with van der Waals surface area (Å²) in [6.07, 6.45) is 0.403. The van der Waals surface area contributed by atoms with Crippen molar-refractivity contribution in [2.24, 2.45) is 0 Å². The Morgan fingerprint density at radius 3 is 2.61 bits per heavy atom. The van der Waals surface area contributed by atoms with E-state index in [2.05, 4.69) is 54.2 Å². The summed E-state index contributed by atoms with van der Waals surface area (Å²) in [6, 6.07) is 14.0. The number of fused-ring (bicyclic) bond motifs is 1. The van der Waals surface area contributed by atoms with Crippen molar-refractivity contribution in [1.29, 1.82) is 0 Å². The van der Waals surface area contributed by atoms with Crippen molar-refractivity contribution in [2.45, 2.75) is 35.9 Å². The van der Waals surface area contributed by atoms with Gasteiger partial charge in [-0.15, -0.1) is 11.8 Å². The number of nitrogens with one attached hydrogen (secondary N) is 2. The molecule has 0 radical (unpaired) electrons. The van der Waals surface area contributed by atoms with Crippen LogP contribution in [-0.2, 0) is 17.9 Å². The molecule has 9 nitrogen and oxygen atoms in total. The third-order valence-electron chi connectivity index (χ3n) is 5.83. The van der Waals surface area contributed by atoms with Crippen LogP contribution in [0.4, 0.5) is 10.2 Å². The van der Waals surface area contributed by atoms with Crippen molar-refractivity contribution < 1.29 is 19.4 Å².